The van der Waals surface area contributed by atoms with Gasteiger partial charge in [-0.15, -0.1) is 0 Å². The molecule has 1 heterocycles. The number of nitrogens with two attached hydrogens (primary N) is 1. The summed E-state index contributed by atoms with van der Waals surface area (Å²) in [5, 5.41) is 3.04. The molecule has 0 aromatic heterocycles. The van der Waals surface area contributed by atoms with E-state index in [4.69, 9.17) is 5.73 Å². The molecule has 18 heavy (non-hydrogen) atoms. The summed E-state index contributed by atoms with van der Waals surface area (Å²) in [5.41, 5.74) is 5.75. The molecule has 104 valence electrons. The molecule has 3 N–H and O–H groups in total. The van der Waals surface area contributed by atoms with Gasteiger partial charge in [-0.05, 0) is 39.7 Å². The highest BCUT2D eigenvalue weighted by Crippen LogP contribution is 2.32. The van der Waals surface area contributed by atoms with Crippen LogP contribution >= 0.6 is 0 Å². The van der Waals surface area contributed by atoms with Gasteiger partial charge in [0.15, 0.2) is 0 Å². The maximum absolute atomic E-state index is 12.1. The van der Waals surface area contributed by atoms with Crippen LogP contribution in [0.2, 0.25) is 0 Å². The summed E-state index contributed by atoms with van der Waals surface area (Å²) in [5.74, 6) is 0.172. The van der Waals surface area contributed by atoms with E-state index >= 15 is 0 Å². The van der Waals surface area contributed by atoms with Crippen LogP contribution in [0.4, 0.5) is 0 Å². The molecule has 0 bridgehead atoms. The van der Waals surface area contributed by atoms with E-state index in [9.17, 15) is 4.79 Å². The van der Waals surface area contributed by atoms with E-state index in [-0.39, 0.29) is 17.5 Å². The van der Waals surface area contributed by atoms with Crippen molar-refractivity contribution < 1.29 is 4.79 Å². The number of nitrogens with one attached hydrogen (secondary N) is 1. The summed E-state index contributed by atoms with van der Waals surface area (Å²) in [6.07, 6.45) is 7.18. The second kappa shape index (κ2) is 5.57. The zero-order valence-electron chi connectivity index (χ0n) is 11.7. The highest BCUT2D eigenvalue weighted by atomic mass is 16.2. The number of carbonyl (C=O) groups excluding carboxylic acids is 1. The minimum Gasteiger partial charge on any atom is -0.353 e. The van der Waals surface area contributed by atoms with Crippen molar-refractivity contribution >= 4 is 5.91 Å². The van der Waals surface area contributed by atoms with Crippen LogP contribution in [-0.4, -0.2) is 41.5 Å². The van der Waals surface area contributed by atoms with Gasteiger partial charge in [0.05, 0.1) is 6.04 Å². The lowest BCUT2D eigenvalue weighted by atomic mass is 9.86. The van der Waals surface area contributed by atoms with Crippen LogP contribution in [0.3, 0.4) is 0 Å². The van der Waals surface area contributed by atoms with Gasteiger partial charge in [0.1, 0.15) is 0 Å². The molecule has 0 aromatic rings. The van der Waals surface area contributed by atoms with Crippen molar-refractivity contribution in [3.8, 4) is 0 Å². The van der Waals surface area contributed by atoms with E-state index in [1.54, 1.807) is 0 Å². The second-order valence-corrected chi connectivity index (χ2v) is 6.32. The predicted octanol–water partition coefficient (Wildman–Crippen LogP) is 1.25. The van der Waals surface area contributed by atoms with Crippen molar-refractivity contribution in [1.82, 2.24) is 10.2 Å². The number of nitrogens with zero attached hydrogens (tertiary/aromatic N) is 1. The average Bonchev–Trinajstić information content (AvgIpc) is 2.35. The molecule has 1 amide bonds. The van der Waals surface area contributed by atoms with Gasteiger partial charge < -0.3 is 11.1 Å². The van der Waals surface area contributed by atoms with Gasteiger partial charge in [-0.3, -0.25) is 9.69 Å². The first-order valence-electron chi connectivity index (χ1n) is 7.32. The number of carbonyl (C=O) groups is 1. The maximum Gasteiger partial charge on any atom is 0.237 e. The standard InChI is InChI=1S/C14H27N3O/c1-14(2)10-16-13(18)12(8-9-15)17(14)11-6-4-3-5-7-11/h11-12H,3-10,15H2,1-2H3,(H,16,18). The zero-order chi connectivity index (χ0) is 13.2. The summed E-state index contributed by atoms with van der Waals surface area (Å²) in [7, 11) is 0. The molecule has 2 fully saturated rings. The van der Waals surface area contributed by atoms with Crippen LogP contribution in [0, 0.1) is 0 Å². The Balaban J connectivity index is 2.19. The van der Waals surface area contributed by atoms with Crippen LogP contribution in [0.1, 0.15) is 52.4 Å². The monoisotopic (exact) mass is 253 g/mol. The molecule has 1 atom stereocenters. The maximum atomic E-state index is 12.1. The number of piperazine rings is 1. The molecule has 1 saturated heterocycles. The third-order valence-corrected chi connectivity index (χ3v) is 4.44. The van der Waals surface area contributed by atoms with Gasteiger partial charge in [-0.2, -0.15) is 0 Å². The fraction of sp³-hybridized carbons (Fsp3) is 0.929. The Morgan fingerprint density at radius 1 is 1.33 bits per heavy atom. The first-order chi connectivity index (χ1) is 8.56. The molecule has 2 rings (SSSR count). The number of hydrogen-bond donors (Lipinski definition) is 2. The second-order valence-electron chi connectivity index (χ2n) is 6.32. The molecule has 1 aliphatic heterocycles. The Hall–Kier alpha value is -0.610. The Labute approximate surface area is 110 Å². The lowest BCUT2D eigenvalue weighted by Crippen LogP contribution is -2.68. The highest BCUT2D eigenvalue weighted by Gasteiger charge is 2.44. The summed E-state index contributed by atoms with van der Waals surface area (Å²) in [4.78, 5) is 14.6. The Morgan fingerprint density at radius 2 is 2.00 bits per heavy atom. The minimum absolute atomic E-state index is 0.0261. The highest BCUT2D eigenvalue weighted by molar-refractivity contribution is 5.83. The van der Waals surface area contributed by atoms with Crippen LogP contribution < -0.4 is 11.1 Å². The number of amides is 1. The first-order valence-corrected chi connectivity index (χ1v) is 7.32. The van der Waals surface area contributed by atoms with Gasteiger partial charge in [0.2, 0.25) is 5.91 Å². The molecule has 2 aliphatic rings. The van der Waals surface area contributed by atoms with Crippen LogP contribution in [0.15, 0.2) is 0 Å². The number of rotatable bonds is 3. The van der Waals surface area contributed by atoms with Crippen molar-refractivity contribution in [2.24, 2.45) is 5.73 Å². The SMILES string of the molecule is CC1(C)CNC(=O)C(CCN)N1C1CCCCC1. The van der Waals surface area contributed by atoms with Gasteiger partial charge in [-0.25, -0.2) is 0 Å². The topological polar surface area (TPSA) is 58.4 Å². The summed E-state index contributed by atoms with van der Waals surface area (Å²) in [6.45, 7) is 5.82. The van der Waals surface area contributed by atoms with Gasteiger partial charge >= 0.3 is 0 Å². The lowest BCUT2D eigenvalue weighted by Gasteiger charge is -2.52. The molecule has 0 aromatic carbocycles. The van der Waals surface area contributed by atoms with Crippen molar-refractivity contribution in [3.05, 3.63) is 0 Å². The Kier molecular flexibility index (Phi) is 4.28. The molecular formula is C14H27N3O. The minimum atomic E-state index is -0.0261. The van der Waals surface area contributed by atoms with E-state index in [1.807, 2.05) is 0 Å². The average molecular weight is 253 g/mol. The first kappa shape index (κ1) is 13.8. The van der Waals surface area contributed by atoms with Crippen LogP contribution in [0.5, 0.6) is 0 Å². The Bertz CT molecular complexity index is 297. The van der Waals surface area contributed by atoms with E-state index in [1.165, 1.54) is 32.1 Å². The molecule has 0 radical (unpaired) electrons. The molecule has 0 spiro atoms. The Morgan fingerprint density at radius 3 is 2.61 bits per heavy atom. The molecular weight excluding hydrogens is 226 g/mol. The smallest absolute Gasteiger partial charge is 0.237 e. The summed E-state index contributed by atoms with van der Waals surface area (Å²) < 4.78 is 0. The molecule has 4 heteroatoms. The van der Waals surface area contributed by atoms with E-state index < -0.39 is 0 Å². The fourth-order valence-electron chi connectivity index (χ4n) is 3.60. The van der Waals surface area contributed by atoms with Crippen molar-refractivity contribution in [3.63, 3.8) is 0 Å². The van der Waals surface area contributed by atoms with Crippen LogP contribution in [0.25, 0.3) is 0 Å². The van der Waals surface area contributed by atoms with E-state index in [0.29, 0.717) is 12.6 Å². The summed E-state index contributed by atoms with van der Waals surface area (Å²) >= 11 is 0. The van der Waals surface area contributed by atoms with Crippen LogP contribution in [-0.2, 0) is 4.79 Å². The molecule has 4 nitrogen and oxygen atoms in total. The predicted molar refractivity (Wildman–Crippen MR) is 73.3 cm³/mol. The van der Waals surface area contributed by atoms with Crippen molar-refractivity contribution in [2.75, 3.05) is 13.1 Å². The largest absolute Gasteiger partial charge is 0.353 e. The lowest BCUT2D eigenvalue weighted by molar-refractivity contribution is -0.138. The molecule has 1 saturated carbocycles. The third kappa shape index (κ3) is 2.69. The van der Waals surface area contributed by atoms with Gasteiger partial charge in [-0.1, -0.05) is 19.3 Å². The quantitative estimate of drug-likeness (QED) is 0.796. The molecule has 1 unspecified atom stereocenters. The van der Waals surface area contributed by atoms with Crippen molar-refractivity contribution in [2.45, 2.75) is 70.0 Å². The van der Waals surface area contributed by atoms with Gasteiger partial charge in [0.25, 0.3) is 0 Å². The molecule has 1 aliphatic carbocycles. The zero-order valence-corrected chi connectivity index (χ0v) is 11.7. The normalized spacial score (nSPS) is 30.2. The van der Waals surface area contributed by atoms with Gasteiger partial charge in [0, 0.05) is 18.1 Å². The fourth-order valence-corrected chi connectivity index (χ4v) is 3.60. The third-order valence-electron chi connectivity index (χ3n) is 4.44. The summed E-state index contributed by atoms with van der Waals surface area (Å²) in [6, 6.07) is 0.540. The van der Waals surface area contributed by atoms with E-state index in [2.05, 4.69) is 24.1 Å². The van der Waals surface area contributed by atoms with Crippen molar-refractivity contribution in [1.29, 1.82) is 0 Å². The number of hydrogen-bond acceptors (Lipinski definition) is 3. The van der Waals surface area contributed by atoms with E-state index in [0.717, 1.165) is 13.0 Å².